The summed E-state index contributed by atoms with van der Waals surface area (Å²) in [6.07, 6.45) is 1.04. The minimum Gasteiger partial charge on any atom is -0.367 e. The van der Waals surface area contributed by atoms with Crippen molar-refractivity contribution in [2.24, 2.45) is 0 Å². The van der Waals surface area contributed by atoms with Gasteiger partial charge in [-0.1, -0.05) is 24.3 Å². The van der Waals surface area contributed by atoms with Crippen molar-refractivity contribution in [3.05, 3.63) is 65.0 Å². The third kappa shape index (κ3) is 2.79. The Bertz CT molecular complexity index is 639. The number of halogens is 1. The molecule has 3 heteroatoms. The zero-order valence-electron chi connectivity index (χ0n) is 12.6. The van der Waals surface area contributed by atoms with E-state index in [0.29, 0.717) is 0 Å². The molecule has 0 amide bonds. The molecule has 2 aromatic rings. The average molecular weight is 284 g/mol. The lowest BCUT2D eigenvalue weighted by atomic mass is 9.97. The number of hydrogen-bond acceptors (Lipinski definition) is 2. The highest BCUT2D eigenvalue weighted by atomic mass is 19.1. The second-order valence-corrected chi connectivity index (χ2v) is 5.65. The van der Waals surface area contributed by atoms with E-state index in [9.17, 15) is 4.39 Å². The molecule has 0 saturated heterocycles. The van der Waals surface area contributed by atoms with Gasteiger partial charge in [0.25, 0.3) is 0 Å². The van der Waals surface area contributed by atoms with Gasteiger partial charge in [-0.2, -0.15) is 0 Å². The first kappa shape index (κ1) is 14.1. The maximum Gasteiger partial charge on any atom is 0.123 e. The first-order chi connectivity index (χ1) is 10.2. The maximum absolute atomic E-state index is 13.6. The summed E-state index contributed by atoms with van der Waals surface area (Å²) in [4.78, 5) is 2.35. The van der Waals surface area contributed by atoms with Gasteiger partial charge in [0.1, 0.15) is 5.82 Å². The van der Waals surface area contributed by atoms with E-state index in [2.05, 4.69) is 41.4 Å². The lowest BCUT2D eigenvalue weighted by Crippen LogP contribution is -2.32. The molecular formula is C18H21FN2. The molecule has 0 saturated carbocycles. The van der Waals surface area contributed by atoms with Crippen LogP contribution in [0.3, 0.4) is 0 Å². The van der Waals surface area contributed by atoms with Crippen molar-refractivity contribution in [2.45, 2.75) is 25.9 Å². The van der Waals surface area contributed by atoms with Gasteiger partial charge in [0, 0.05) is 24.8 Å². The predicted octanol–water partition coefficient (Wildman–Crippen LogP) is 3.67. The molecule has 3 rings (SSSR count). The van der Waals surface area contributed by atoms with Crippen molar-refractivity contribution in [1.29, 1.82) is 0 Å². The minimum atomic E-state index is -0.173. The van der Waals surface area contributed by atoms with Crippen molar-refractivity contribution >= 4 is 5.69 Å². The number of nitrogens with one attached hydrogen (secondary N) is 1. The van der Waals surface area contributed by atoms with E-state index in [1.165, 1.54) is 11.1 Å². The minimum absolute atomic E-state index is 0.132. The summed E-state index contributed by atoms with van der Waals surface area (Å²) < 4.78 is 13.6. The Hall–Kier alpha value is -1.87. The molecule has 0 aliphatic carbocycles. The summed E-state index contributed by atoms with van der Waals surface area (Å²) in [5.41, 5.74) is 4.96. The van der Waals surface area contributed by atoms with Gasteiger partial charge in [0.05, 0.1) is 0 Å². The van der Waals surface area contributed by atoms with E-state index >= 15 is 0 Å². The van der Waals surface area contributed by atoms with Gasteiger partial charge in [0.15, 0.2) is 0 Å². The Morgan fingerprint density at radius 3 is 2.67 bits per heavy atom. The first-order valence-electron chi connectivity index (χ1n) is 7.47. The highest BCUT2D eigenvalue weighted by molar-refractivity contribution is 5.57. The molecule has 1 aliphatic rings. The lowest BCUT2D eigenvalue weighted by molar-refractivity contribution is 0.604. The Balaban J connectivity index is 1.95. The number of hydrogen-bond donors (Lipinski definition) is 1. The fourth-order valence-electron chi connectivity index (χ4n) is 3.02. The van der Waals surface area contributed by atoms with Gasteiger partial charge in [-0.25, -0.2) is 4.39 Å². The molecule has 0 spiro atoms. The van der Waals surface area contributed by atoms with Crippen LogP contribution in [-0.4, -0.2) is 13.6 Å². The maximum atomic E-state index is 13.6. The fraction of sp³-hybridized carbons (Fsp3) is 0.333. The Morgan fingerprint density at radius 2 is 1.90 bits per heavy atom. The number of fused-ring (bicyclic) bond motifs is 1. The second kappa shape index (κ2) is 5.86. The predicted molar refractivity (Wildman–Crippen MR) is 85.1 cm³/mol. The largest absolute Gasteiger partial charge is 0.367 e. The summed E-state index contributed by atoms with van der Waals surface area (Å²) in [5.74, 6) is -0.173. The molecule has 1 atom stereocenters. The smallest absolute Gasteiger partial charge is 0.123 e. The van der Waals surface area contributed by atoms with Crippen LogP contribution in [0.25, 0.3) is 0 Å². The molecule has 0 radical (unpaired) electrons. The normalized spacial score (nSPS) is 15.7. The van der Waals surface area contributed by atoms with E-state index in [0.717, 1.165) is 30.8 Å². The number of rotatable bonds is 3. The highest BCUT2D eigenvalue weighted by Gasteiger charge is 2.20. The SMILES string of the molecule is CNC(C)c1cc(F)ccc1N1CCc2ccccc2C1. The van der Waals surface area contributed by atoms with Gasteiger partial charge < -0.3 is 10.2 Å². The Labute approximate surface area is 125 Å². The summed E-state index contributed by atoms with van der Waals surface area (Å²) >= 11 is 0. The van der Waals surface area contributed by atoms with Crippen LogP contribution in [0.4, 0.5) is 10.1 Å². The standard InChI is InChI=1S/C18H21FN2/c1-13(20-2)17-11-16(19)7-8-18(17)21-10-9-14-5-3-4-6-15(14)12-21/h3-8,11,13,20H,9-10,12H2,1-2H3. The van der Waals surface area contributed by atoms with Crippen molar-refractivity contribution in [3.8, 4) is 0 Å². The van der Waals surface area contributed by atoms with Crippen LogP contribution in [0.1, 0.15) is 29.7 Å². The molecule has 2 nitrogen and oxygen atoms in total. The van der Waals surface area contributed by atoms with Gasteiger partial charge in [-0.05, 0) is 55.3 Å². The zero-order chi connectivity index (χ0) is 14.8. The summed E-state index contributed by atoms with van der Waals surface area (Å²) in [5, 5.41) is 3.21. The number of nitrogens with zero attached hydrogens (tertiary/aromatic N) is 1. The molecule has 0 bridgehead atoms. The molecule has 0 fully saturated rings. The molecule has 1 heterocycles. The molecular weight excluding hydrogens is 263 g/mol. The molecule has 1 unspecified atom stereocenters. The molecule has 2 aromatic carbocycles. The van der Waals surface area contributed by atoms with E-state index in [4.69, 9.17) is 0 Å². The Kier molecular flexibility index (Phi) is 3.93. The van der Waals surface area contributed by atoms with E-state index < -0.39 is 0 Å². The molecule has 0 aromatic heterocycles. The van der Waals surface area contributed by atoms with Crippen molar-refractivity contribution in [3.63, 3.8) is 0 Å². The van der Waals surface area contributed by atoms with Gasteiger partial charge in [0.2, 0.25) is 0 Å². The van der Waals surface area contributed by atoms with E-state index in [1.807, 2.05) is 13.1 Å². The fourth-order valence-corrected chi connectivity index (χ4v) is 3.02. The van der Waals surface area contributed by atoms with Crippen LogP contribution in [0.5, 0.6) is 0 Å². The van der Waals surface area contributed by atoms with Crippen LogP contribution in [-0.2, 0) is 13.0 Å². The van der Waals surface area contributed by atoms with Crippen molar-refractivity contribution in [2.75, 3.05) is 18.5 Å². The molecule has 21 heavy (non-hydrogen) atoms. The number of anilines is 1. The third-order valence-corrected chi connectivity index (χ3v) is 4.36. The van der Waals surface area contributed by atoms with Crippen molar-refractivity contribution in [1.82, 2.24) is 5.32 Å². The topological polar surface area (TPSA) is 15.3 Å². The van der Waals surface area contributed by atoms with Crippen LogP contribution in [0.2, 0.25) is 0 Å². The van der Waals surface area contributed by atoms with Crippen molar-refractivity contribution < 1.29 is 4.39 Å². The number of benzene rings is 2. The Morgan fingerprint density at radius 1 is 1.14 bits per heavy atom. The first-order valence-corrected chi connectivity index (χ1v) is 7.47. The average Bonchev–Trinajstić information content (AvgIpc) is 2.53. The summed E-state index contributed by atoms with van der Waals surface area (Å²) in [7, 11) is 1.91. The quantitative estimate of drug-likeness (QED) is 0.925. The van der Waals surface area contributed by atoms with Crippen LogP contribution in [0.15, 0.2) is 42.5 Å². The van der Waals surface area contributed by atoms with E-state index in [1.54, 1.807) is 12.1 Å². The second-order valence-electron chi connectivity index (χ2n) is 5.65. The summed E-state index contributed by atoms with van der Waals surface area (Å²) in [6.45, 7) is 3.94. The van der Waals surface area contributed by atoms with Gasteiger partial charge in [-0.3, -0.25) is 0 Å². The van der Waals surface area contributed by atoms with Crippen LogP contribution in [0, 0.1) is 5.82 Å². The zero-order valence-corrected chi connectivity index (χ0v) is 12.6. The lowest BCUT2D eigenvalue weighted by Gasteiger charge is -2.33. The highest BCUT2D eigenvalue weighted by Crippen LogP contribution is 2.31. The summed E-state index contributed by atoms with van der Waals surface area (Å²) in [6, 6.07) is 13.8. The molecule has 110 valence electrons. The van der Waals surface area contributed by atoms with Gasteiger partial charge >= 0.3 is 0 Å². The van der Waals surface area contributed by atoms with Crippen LogP contribution >= 0.6 is 0 Å². The molecule has 1 aliphatic heterocycles. The monoisotopic (exact) mass is 284 g/mol. The van der Waals surface area contributed by atoms with E-state index in [-0.39, 0.29) is 11.9 Å². The molecule has 1 N–H and O–H groups in total. The van der Waals surface area contributed by atoms with Gasteiger partial charge in [-0.15, -0.1) is 0 Å². The van der Waals surface area contributed by atoms with Crippen LogP contribution < -0.4 is 10.2 Å². The third-order valence-electron chi connectivity index (χ3n) is 4.36.